The number of rotatable bonds is 10. The summed E-state index contributed by atoms with van der Waals surface area (Å²) in [5, 5.41) is 2.91. The van der Waals surface area contributed by atoms with E-state index in [-0.39, 0.29) is 6.09 Å². The summed E-state index contributed by atoms with van der Waals surface area (Å²) in [7, 11) is 0. The second-order valence-corrected chi connectivity index (χ2v) is 8.23. The van der Waals surface area contributed by atoms with Crippen LogP contribution in [0.2, 0.25) is 0 Å². The Morgan fingerprint density at radius 1 is 1.07 bits per heavy atom. The minimum absolute atomic E-state index is 0.305. The van der Waals surface area contributed by atoms with Crippen molar-refractivity contribution >= 4 is 6.09 Å². The first-order valence-corrected chi connectivity index (χ1v) is 11.5. The summed E-state index contributed by atoms with van der Waals surface area (Å²) in [6, 6.07) is 17.1. The van der Waals surface area contributed by atoms with Crippen molar-refractivity contribution in [1.29, 1.82) is 0 Å². The van der Waals surface area contributed by atoms with Gasteiger partial charge in [-0.15, -0.1) is 0 Å². The van der Waals surface area contributed by atoms with E-state index >= 15 is 0 Å². The molecule has 4 nitrogen and oxygen atoms in total. The van der Waals surface area contributed by atoms with Crippen LogP contribution in [0.5, 0.6) is 0 Å². The molecule has 4 heteroatoms. The molecule has 3 rings (SSSR count). The number of carbonyl (C=O) groups excluding carboxylic acids is 1. The fraction of sp³-hybridized carbons (Fsp3) is 0.500. The standard InChI is InChI=1S/C26H36N2O2/c1-3-17-28(18-4-2)24-14-13-22-11-8-12-23(25(22)19-24)15-16-27-26(29)30-20-21-9-6-5-7-10-21/h5-12,24H,3-4,13-20H2,1-2H3,(H,27,29). The molecule has 30 heavy (non-hydrogen) atoms. The number of amides is 1. The lowest BCUT2D eigenvalue weighted by Gasteiger charge is -2.36. The van der Waals surface area contributed by atoms with Crippen molar-refractivity contribution in [3.63, 3.8) is 0 Å². The van der Waals surface area contributed by atoms with Crippen LogP contribution in [0.4, 0.5) is 4.79 Å². The van der Waals surface area contributed by atoms with Gasteiger partial charge in [0.25, 0.3) is 0 Å². The molecule has 162 valence electrons. The summed E-state index contributed by atoms with van der Waals surface area (Å²) < 4.78 is 5.32. The molecule has 1 N–H and O–H groups in total. The number of fused-ring (bicyclic) bond motifs is 1. The van der Waals surface area contributed by atoms with E-state index in [4.69, 9.17) is 4.74 Å². The van der Waals surface area contributed by atoms with Crippen molar-refractivity contribution in [1.82, 2.24) is 10.2 Å². The maximum Gasteiger partial charge on any atom is 0.407 e. The highest BCUT2D eigenvalue weighted by atomic mass is 16.5. The van der Waals surface area contributed by atoms with Crippen molar-refractivity contribution in [3.05, 3.63) is 70.8 Å². The first-order valence-electron chi connectivity index (χ1n) is 11.5. The maximum absolute atomic E-state index is 12.0. The molecule has 0 aliphatic heterocycles. The number of hydrogen-bond donors (Lipinski definition) is 1. The lowest BCUT2D eigenvalue weighted by atomic mass is 9.83. The van der Waals surface area contributed by atoms with Gasteiger partial charge in [0, 0.05) is 12.6 Å². The predicted molar refractivity (Wildman–Crippen MR) is 123 cm³/mol. The summed E-state index contributed by atoms with van der Waals surface area (Å²) >= 11 is 0. The van der Waals surface area contributed by atoms with Gasteiger partial charge in [0.1, 0.15) is 6.61 Å². The summed E-state index contributed by atoms with van der Waals surface area (Å²) in [5.41, 5.74) is 5.36. The molecule has 0 saturated heterocycles. The van der Waals surface area contributed by atoms with Crippen molar-refractivity contribution < 1.29 is 9.53 Å². The Morgan fingerprint density at radius 3 is 2.57 bits per heavy atom. The topological polar surface area (TPSA) is 41.6 Å². The van der Waals surface area contributed by atoms with Crippen molar-refractivity contribution in [2.75, 3.05) is 19.6 Å². The molecular weight excluding hydrogens is 372 g/mol. The Kier molecular flexibility index (Phi) is 8.76. The van der Waals surface area contributed by atoms with E-state index in [2.05, 4.69) is 42.3 Å². The molecule has 0 bridgehead atoms. The molecule has 1 aliphatic rings. The largest absolute Gasteiger partial charge is 0.445 e. The van der Waals surface area contributed by atoms with Gasteiger partial charge >= 0.3 is 6.09 Å². The smallest absolute Gasteiger partial charge is 0.407 e. The van der Waals surface area contributed by atoms with Gasteiger partial charge in [-0.3, -0.25) is 0 Å². The zero-order chi connectivity index (χ0) is 21.2. The number of alkyl carbamates (subject to hydrolysis) is 1. The summed E-state index contributed by atoms with van der Waals surface area (Å²) in [6.45, 7) is 7.82. The van der Waals surface area contributed by atoms with Gasteiger partial charge in [-0.25, -0.2) is 4.79 Å². The average molecular weight is 409 g/mol. The van der Waals surface area contributed by atoms with Crippen LogP contribution < -0.4 is 5.32 Å². The molecule has 1 atom stereocenters. The van der Waals surface area contributed by atoms with Crippen LogP contribution in [0.1, 0.15) is 55.4 Å². The van der Waals surface area contributed by atoms with Gasteiger partial charge < -0.3 is 15.0 Å². The molecule has 1 aliphatic carbocycles. The van der Waals surface area contributed by atoms with E-state index < -0.39 is 0 Å². The van der Waals surface area contributed by atoms with Crippen LogP contribution in [0, 0.1) is 0 Å². The third kappa shape index (κ3) is 6.33. The highest BCUT2D eigenvalue weighted by Crippen LogP contribution is 2.28. The molecule has 0 spiro atoms. The van der Waals surface area contributed by atoms with E-state index in [9.17, 15) is 4.79 Å². The summed E-state index contributed by atoms with van der Waals surface area (Å²) in [5.74, 6) is 0. The first-order chi connectivity index (χ1) is 14.7. The van der Waals surface area contributed by atoms with E-state index in [1.165, 1.54) is 49.0 Å². The second-order valence-electron chi connectivity index (χ2n) is 8.23. The molecule has 1 unspecified atom stereocenters. The molecule has 2 aromatic rings. The fourth-order valence-corrected chi connectivity index (χ4v) is 4.51. The maximum atomic E-state index is 12.0. The number of carbonyl (C=O) groups is 1. The molecule has 0 saturated carbocycles. The van der Waals surface area contributed by atoms with Crippen molar-refractivity contribution in [3.8, 4) is 0 Å². The lowest BCUT2D eigenvalue weighted by molar-refractivity contribution is 0.140. The van der Waals surface area contributed by atoms with Crippen LogP contribution in [0.3, 0.4) is 0 Å². The van der Waals surface area contributed by atoms with Crippen molar-refractivity contribution in [2.45, 2.75) is 65.0 Å². The monoisotopic (exact) mass is 408 g/mol. The third-order valence-electron chi connectivity index (χ3n) is 5.97. The Hall–Kier alpha value is -2.33. The minimum Gasteiger partial charge on any atom is -0.445 e. The SMILES string of the molecule is CCCN(CCC)C1CCc2cccc(CCNC(=O)OCc3ccccc3)c2C1. The fourth-order valence-electron chi connectivity index (χ4n) is 4.51. The van der Waals surface area contributed by atoms with Crippen LogP contribution >= 0.6 is 0 Å². The molecule has 1 amide bonds. The molecule has 0 heterocycles. The van der Waals surface area contributed by atoms with Crippen LogP contribution in [-0.4, -0.2) is 36.7 Å². The van der Waals surface area contributed by atoms with Gasteiger partial charge in [-0.1, -0.05) is 62.4 Å². The van der Waals surface area contributed by atoms with Gasteiger partial charge in [-0.05, 0) is 73.9 Å². The van der Waals surface area contributed by atoms with E-state index in [1.807, 2.05) is 30.3 Å². The Bertz CT molecular complexity index is 785. The summed E-state index contributed by atoms with van der Waals surface area (Å²) in [4.78, 5) is 14.7. The average Bonchev–Trinajstić information content (AvgIpc) is 2.78. The van der Waals surface area contributed by atoms with Gasteiger partial charge in [0.15, 0.2) is 0 Å². The molecule has 0 radical (unpaired) electrons. The number of aryl methyl sites for hydroxylation is 1. The van der Waals surface area contributed by atoms with E-state index in [1.54, 1.807) is 0 Å². The zero-order valence-corrected chi connectivity index (χ0v) is 18.5. The predicted octanol–water partition coefficient (Wildman–Crippen LogP) is 5.13. The van der Waals surface area contributed by atoms with Crippen LogP contribution in [0.15, 0.2) is 48.5 Å². The number of ether oxygens (including phenoxy) is 1. The highest BCUT2D eigenvalue weighted by molar-refractivity contribution is 5.67. The normalized spacial score (nSPS) is 15.6. The second kappa shape index (κ2) is 11.8. The van der Waals surface area contributed by atoms with Crippen LogP contribution in [-0.2, 0) is 30.6 Å². The lowest BCUT2D eigenvalue weighted by Crippen LogP contribution is -2.40. The minimum atomic E-state index is -0.349. The van der Waals surface area contributed by atoms with E-state index in [0.717, 1.165) is 24.8 Å². The van der Waals surface area contributed by atoms with E-state index in [0.29, 0.717) is 19.2 Å². The van der Waals surface area contributed by atoms with Crippen molar-refractivity contribution in [2.24, 2.45) is 0 Å². The summed E-state index contributed by atoms with van der Waals surface area (Å²) in [6.07, 6.45) is 6.45. The third-order valence-corrected chi connectivity index (χ3v) is 5.97. The molecular formula is C26H36N2O2. The Balaban J connectivity index is 1.53. The van der Waals surface area contributed by atoms with Gasteiger partial charge in [0.2, 0.25) is 0 Å². The highest BCUT2D eigenvalue weighted by Gasteiger charge is 2.25. The quantitative estimate of drug-likeness (QED) is 0.592. The molecule has 0 fully saturated rings. The first kappa shape index (κ1) is 22.4. The van der Waals surface area contributed by atoms with Gasteiger partial charge in [-0.2, -0.15) is 0 Å². The zero-order valence-electron chi connectivity index (χ0n) is 18.5. The number of hydrogen-bond acceptors (Lipinski definition) is 3. The molecule has 0 aromatic heterocycles. The van der Waals surface area contributed by atoms with Gasteiger partial charge in [0.05, 0.1) is 0 Å². The Labute approximate surface area is 181 Å². The molecule has 2 aromatic carbocycles. The number of nitrogens with zero attached hydrogens (tertiary/aromatic N) is 1. The number of benzene rings is 2. The van der Waals surface area contributed by atoms with Crippen LogP contribution in [0.25, 0.3) is 0 Å². The number of nitrogens with one attached hydrogen (secondary N) is 1. The Morgan fingerprint density at radius 2 is 1.83 bits per heavy atom.